The van der Waals surface area contributed by atoms with Crippen LogP contribution < -0.4 is 5.56 Å². The van der Waals surface area contributed by atoms with Gasteiger partial charge in [-0.15, -0.1) is 0 Å². The van der Waals surface area contributed by atoms with Gasteiger partial charge in [0.05, 0.1) is 19.3 Å². The molecule has 1 aliphatic heterocycles. The van der Waals surface area contributed by atoms with Crippen molar-refractivity contribution < 1.29 is 28.2 Å². The third kappa shape index (κ3) is 2.70. The molecule has 0 spiro atoms. The minimum absolute atomic E-state index is 0.0338. The Labute approximate surface area is 129 Å². The van der Waals surface area contributed by atoms with Crippen LogP contribution in [0.2, 0.25) is 0 Å². The molecule has 3 heterocycles. The number of alkyl halides is 1. The van der Waals surface area contributed by atoms with Crippen LogP contribution in [0.5, 0.6) is 0 Å². The van der Waals surface area contributed by atoms with Crippen LogP contribution >= 0.6 is 8.25 Å². The van der Waals surface area contributed by atoms with Gasteiger partial charge in [0, 0.05) is 7.05 Å². The van der Waals surface area contributed by atoms with Gasteiger partial charge in [-0.2, -0.15) is 0 Å². The summed E-state index contributed by atoms with van der Waals surface area (Å²) >= 11 is 0. The normalized spacial score (nSPS) is 29.2. The van der Waals surface area contributed by atoms with Crippen molar-refractivity contribution in [1.29, 1.82) is 0 Å². The number of halogens is 1. The lowest BCUT2D eigenvalue weighted by atomic mass is 10.1. The summed E-state index contributed by atoms with van der Waals surface area (Å²) in [5, 5.41) is 9.24. The highest BCUT2D eigenvalue weighted by molar-refractivity contribution is 7.32. The van der Waals surface area contributed by atoms with E-state index in [2.05, 4.69) is 14.5 Å². The summed E-state index contributed by atoms with van der Waals surface area (Å²) in [5.74, 6) is 0. The smallest absolute Gasteiger partial charge is 0.317 e. The average Bonchev–Trinajstić information content (AvgIpc) is 3.05. The van der Waals surface area contributed by atoms with Gasteiger partial charge < -0.3 is 23.8 Å². The van der Waals surface area contributed by atoms with Crippen molar-refractivity contribution in [2.45, 2.75) is 24.6 Å². The van der Waals surface area contributed by atoms with Gasteiger partial charge in [-0.3, -0.25) is 13.9 Å². The van der Waals surface area contributed by atoms with E-state index in [1.54, 1.807) is 0 Å². The number of aliphatic hydroxyl groups excluding tert-OH is 1. The molecule has 1 unspecified atom stereocenters. The van der Waals surface area contributed by atoms with E-state index in [4.69, 9.17) is 9.63 Å². The molecule has 5 atom stereocenters. The van der Waals surface area contributed by atoms with Gasteiger partial charge in [-0.25, -0.2) is 14.4 Å². The Morgan fingerprint density at radius 3 is 2.87 bits per heavy atom. The number of hydrogen-bond donors (Lipinski definition) is 2. The van der Waals surface area contributed by atoms with E-state index in [0.717, 1.165) is 0 Å². The molecule has 0 amide bonds. The topological polar surface area (TPSA) is 129 Å². The molecule has 1 fully saturated rings. The fraction of sp³-hybridized carbons (Fsp3) is 0.545. The molecule has 2 aromatic heterocycles. The van der Waals surface area contributed by atoms with Crippen molar-refractivity contribution in [2.75, 3.05) is 6.61 Å². The number of aryl methyl sites for hydroxylation is 1. The molecule has 23 heavy (non-hydrogen) atoms. The van der Waals surface area contributed by atoms with E-state index < -0.39 is 45.0 Å². The number of nitrogens with zero attached hydrogens (tertiary/aromatic N) is 4. The molecule has 0 aliphatic carbocycles. The molecule has 12 heteroatoms. The van der Waals surface area contributed by atoms with Gasteiger partial charge in [0.15, 0.2) is 23.6 Å². The second-order valence-corrected chi connectivity index (χ2v) is 5.79. The highest BCUT2D eigenvalue weighted by Gasteiger charge is 2.48. The SMILES string of the molecule is Cn1cnc2c(ncn2[C@@H]2O[C@H](CO)[C@@H](O[PH](=O)O)[C@H]2F)c1=O. The molecule has 2 N–H and O–H groups in total. The zero-order valence-electron chi connectivity index (χ0n) is 11.9. The van der Waals surface area contributed by atoms with Gasteiger partial charge in [0.25, 0.3) is 5.56 Å². The molecule has 2 aromatic rings. The van der Waals surface area contributed by atoms with E-state index in [1.165, 1.54) is 28.8 Å². The third-order valence-electron chi connectivity index (χ3n) is 3.60. The minimum Gasteiger partial charge on any atom is -0.394 e. The Balaban J connectivity index is 2.01. The summed E-state index contributed by atoms with van der Waals surface area (Å²) in [7, 11) is -1.91. The standard InChI is InChI=1S/C11H14FN4O6P/c1-15-3-14-9-7(10(15)18)13-4-16(9)11-6(12)8(22-23(19)20)5(2-17)21-11/h3-6,8,11,17,23H,2H2,1H3,(H,19,20)/t5-,6-,8-,11-/m1/s1. The van der Waals surface area contributed by atoms with Gasteiger partial charge >= 0.3 is 8.25 Å². The van der Waals surface area contributed by atoms with Gasteiger partial charge in [0.2, 0.25) is 0 Å². The van der Waals surface area contributed by atoms with Crippen LogP contribution in [0, 0.1) is 0 Å². The number of hydrogen-bond acceptors (Lipinski definition) is 7. The predicted molar refractivity (Wildman–Crippen MR) is 74.8 cm³/mol. The molecule has 1 saturated heterocycles. The maximum absolute atomic E-state index is 14.6. The van der Waals surface area contributed by atoms with Crippen molar-refractivity contribution >= 4 is 19.4 Å². The van der Waals surface area contributed by atoms with Gasteiger partial charge in [-0.05, 0) is 0 Å². The van der Waals surface area contributed by atoms with Crippen molar-refractivity contribution in [1.82, 2.24) is 19.1 Å². The number of ether oxygens (including phenoxy) is 1. The maximum Gasteiger partial charge on any atom is 0.317 e. The fourth-order valence-electron chi connectivity index (χ4n) is 2.50. The quantitative estimate of drug-likeness (QED) is 0.682. The summed E-state index contributed by atoms with van der Waals surface area (Å²) in [4.78, 5) is 28.7. The largest absolute Gasteiger partial charge is 0.394 e. The first kappa shape index (κ1) is 16.2. The summed E-state index contributed by atoms with van der Waals surface area (Å²) in [6.07, 6.45) is -3.23. The second-order valence-electron chi connectivity index (χ2n) is 5.03. The number of imidazole rings is 1. The van der Waals surface area contributed by atoms with E-state index >= 15 is 0 Å². The van der Waals surface area contributed by atoms with Crippen molar-refractivity contribution in [3.05, 3.63) is 23.0 Å². The van der Waals surface area contributed by atoms with Crippen LogP contribution in [0.15, 0.2) is 17.4 Å². The summed E-state index contributed by atoms with van der Waals surface area (Å²) in [6, 6.07) is 0. The monoisotopic (exact) mass is 348 g/mol. The molecule has 10 nitrogen and oxygen atoms in total. The van der Waals surface area contributed by atoms with Crippen LogP contribution in [-0.4, -0.2) is 54.1 Å². The molecule has 126 valence electrons. The first-order valence-electron chi connectivity index (χ1n) is 6.62. The zero-order chi connectivity index (χ0) is 16.7. The molecule has 0 bridgehead atoms. The average molecular weight is 348 g/mol. The lowest BCUT2D eigenvalue weighted by Crippen LogP contribution is -2.32. The first-order chi connectivity index (χ1) is 10.9. The van der Waals surface area contributed by atoms with Gasteiger partial charge in [-0.1, -0.05) is 0 Å². The summed E-state index contributed by atoms with van der Waals surface area (Å²) in [5.41, 5.74) is -0.268. The third-order valence-corrected chi connectivity index (χ3v) is 4.08. The molecular weight excluding hydrogens is 334 g/mol. The summed E-state index contributed by atoms with van der Waals surface area (Å²) in [6.45, 7) is -0.599. The highest BCUT2D eigenvalue weighted by Crippen LogP contribution is 2.38. The Bertz CT molecular complexity index is 809. The van der Waals surface area contributed by atoms with Crippen LogP contribution in [0.25, 0.3) is 11.2 Å². The second kappa shape index (κ2) is 6.10. The lowest BCUT2D eigenvalue weighted by Gasteiger charge is -2.16. The Kier molecular flexibility index (Phi) is 4.30. The van der Waals surface area contributed by atoms with Crippen molar-refractivity contribution in [3.63, 3.8) is 0 Å². The molecule has 3 rings (SSSR count). The van der Waals surface area contributed by atoms with Crippen LogP contribution in [0.1, 0.15) is 6.23 Å². The Morgan fingerprint density at radius 1 is 1.48 bits per heavy atom. The predicted octanol–water partition coefficient (Wildman–Crippen LogP) is -0.875. The van der Waals surface area contributed by atoms with E-state index in [0.29, 0.717) is 0 Å². The molecular formula is C11H14FN4O6P. The minimum atomic E-state index is -3.41. The zero-order valence-corrected chi connectivity index (χ0v) is 12.9. The number of fused-ring (bicyclic) bond motifs is 1. The fourth-order valence-corrected chi connectivity index (χ4v) is 3.02. The molecule has 0 radical (unpaired) electrons. The number of rotatable bonds is 4. The van der Waals surface area contributed by atoms with Crippen LogP contribution in [-0.2, 0) is 20.9 Å². The number of aromatic nitrogens is 4. The first-order valence-corrected chi connectivity index (χ1v) is 7.88. The van der Waals surface area contributed by atoms with E-state index in [9.17, 15) is 18.9 Å². The van der Waals surface area contributed by atoms with Crippen molar-refractivity contribution in [3.8, 4) is 0 Å². The Hall–Kier alpha value is -1.65. The summed E-state index contributed by atoms with van der Waals surface area (Å²) < 4.78 is 37.8. The molecule has 0 saturated carbocycles. The van der Waals surface area contributed by atoms with E-state index in [-0.39, 0.29) is 11.2 Å². The molecule has 0 aromatic carbocycles. The van der Waals surface area contributed by atoms with Crippen LogP contribution in [0.3, 0.4) is 0 Å². The lowest BCUT2D eigenvalue weighted by molar-refractivity contribution is -0.0436. The van der Waals surface area contributed by atoms with Crippen molar-refractivity contribution in [2.24, 2.45) is 7.05 Å². The van der Waals surface area contributed by atoms with Gasteiger partial charge in [0.1, 0.15) is 12.2 Å². The highest BCUT2D eigenvalue weighted by atomic mass is 31.1. The van der Waals surface area contributed by atoms with Crippen LogP contribution in [0.4, 0.5) is 4.39 Å². The molecule has 1 aliphatic rings. The Morgan fingerprint density at radius 2 is 2.22 bits per heavy atom. The number of aliphatic hydroxyl groups is 1. The maximum atomic E-state index is 14.6. The van der Waals surface area contributed by atoms with E-state index in [1.807, 2.05) is 0 Å².